The van der Waals surface area contributed by atoms with Crippen LogP contribution in [0.2, 0.25) is 0 Å². The van der Waals surface area contributed by atoms with E-state index in [1.807, 2.05) is 6.08 Å². The van der Waals surface area contributed by atoms with Crippen LogP contribution in [0.1, 0.15) is 86.0 Å². The van der Waals surface area contributed by atoms with Crippen molar-refractivity contribution in [2.45, 2.75) is 91.6 Å². The fraction of sp³-hybridized carbons (Fsp3) is 0.684. The minimum atomic E-state index is -0.911. The van der Waals surface area contributed by atoms with Gasteiger partial charge in [-0.05, 0) is 114 Å². The molecular weight excluding hydrogens is 558 g/mol. The Morgan fingerprint density at radius 2 is 1.67 bits per heavy atom. The first-order valence-electron chi connectivity index (χ1n) is 17.9. The number of pyridine rings is 1. The van der Waals surface area contributed by atoms with Gasteiger partial charge >= 0.3 is 0 Å². The van der Waals surface area contributed by atoms with Gasteiger partial charge in [-0.1, -0.05) is 24.3 Å². The first kappa shape index (κ1) is 32.1. The monoisotopic (exact) mass is 613 g/mol. The predicted octanol–water partition coefficient (Wildman–Crippen LogP) is 5.84. The Balaban J connectivity index is 1.09. The van der Waals surface area contributed by atoms with Gasteiger partial charge in [0.1, 0.15) is 11.4 Å². The summed E-state index contributed by atoms with van der Waals surface area (Å²) >= 11 is 0. The van der Waals surface area contributed by atoms with E-state index in [1.54, 1.807) is 5.57 Å². The zero-order valence-corrected chi connectivity index (χ0v) is 28.5. The van der Waals surface area contributed by atoms with Crippen LogP contribution in [0.15, 0.2) is 34.9 Å². The van der Waals surface area contributed by atoms with E-state index in [9.17, 15) is 9.90 Å². The molecule has 2 heterocycles. The Labute approximate surface area is 271 Å². The first-order chi connectivity index (χ1) is 21.7. The second-order valence-corrected chi connectivity index (χ2v) is 14.1. The molecule has 4 atom stereocenters. The third kappa shape index (κ3) is 5.82. The van der Waals surface area contributed by atoms with Gasteiger partial charge in [-0.15, -0.1) is 0 Å². The van der Waals surface area contributed by atoms with E-state index in [4.69, 9.17) is 4.98 Å². The molecule has 3 fully saturated rings. The van der Waals surface area contributed by atoms with E-state index in [0.717, 1.165) is 109 Å². The van der Waals surface area contributed by atoms with Crippen molar-refractivity contribution in [3.63, 3.8) is 0 Å². The number of carbonyl (C=O) groups is 1. The van der Waals surface area contributed by atoms with Crippen molar-refractivity contribution in [3.8, 4) is 11.8 Å². The third-order valence-corrected chi connectivity index (χ3v) is 12.2. The first-order valence-corrected chi connectivity index (χ1v) is 17.9. The largest absolute Gasteiger partial charge is 0.377 e. The summed E-state index contributed by atoms with van der Waals surface area (Å²) in [4.78, 5) is 26.9. The minimum Gasteiger partial charge on any atom is -0.377 e. The number of carbonyl (C=O) groups excluding carboxylic acids is 1. The van der Waals surface area contributed by atoms with Crippen LogP contribution >= 0.6 is 0 Å². The topological polar surface area (TPSA) is 63.2 Å². The van der Waals surface area contributed by atoms with Gasteiger partial charge in [0.25, 0.3) is 0 Å². The lowest BCUT2D eigenvalue weighted by atomic mass is 9.55. The normalized spacial score (nSPS) is 29.8. The summed E-state index contributed by atoms with van der Waals surface area (Å²) in [6.45, 7) is 19.5. The van der Waals surface area contributed by atoms with Gasteiger partial charge < -0.3 is 19.8 Å². The molecule has 7 nitrogen and oxygen atoms in total. The van der Waals surface area contributed by atoms with Crippen LogP contribution in [0.5, 0.6) is 0 Å². The highest BCUT2D eigenvalue weighted by molar-refractivity contribution is 5.93. The number of hydrogen-bond donors (Lipinski definition) is 1. The van der Waals surface area contributed by atoms with Crippen LogP contribution < -0.4 is 14.7 Å². The van der Waals surface area contributed by atoms with Gasteiger partial charge in [0.2, 0.25) is 0 Å². The maximum atomic E-state index is 12.0. The van der Waals surface area contributed by atoms with E-state index in [2.05, 4.69) is 78.2 Å². The molecule has 45 heavy (non-hydrogen) atoms. The highest BCUT2D eigenvalue weighted by Gasteiger charge is 2.60. The zero-order chi connectivity index (χ0) is 31.8. The Morgan fingerprint density at radius 1 is 0.933 bits per heavy atom. The third-order valence-electron chi connectivity index (χ3n) is 12.2. The van der Waals surface area contributed by atoms with Gasteiger partial charge in [0.15, 0.2) is 11.6 Å². The molecule has 1 saturated heterocycles. The Morgan fingerprint density at radius 3 is 2.38 bits per heavy atom. The Hall–Kier alpha value is -2.82. The van der Waals surface area contributed by atoms with Crippen LogP contribution in [0, 0.1) is 29.1 Å². The molecule has 0 aromatic carbocycles. The second kappa shape index (κ2) is 13.1. The molecule has 1 N–H and O–H groups in total. The molecule has 6 rings (SSSR count). The van der Waals surface area contributed by atoms with Crippen LogP contribution in [0.3, 0.4) is 0 Å². The molecule has 0 bridgehead atoms. The van der Waals surface area contributed by atoms with Crippen molar-refractivity contribution < 1.29 is 9.90 Å². The SMILES string of the molecule is CCN(CC)c1ccc(N2CCN(CC#C[C@]3(O)CC[C@H]4[C@@H]5CCC6=CC(=O)CCC6=C5CC[C@@]43C)CC2)nc1N(CC)CC. The van der Waals surface area contributed by atoms with Crippen molar-refractivity contribution in [3.05, 3.63) is 34.9 Å². The Bertz CT molecular complexity index is 1390. The van der Waals surface area contributed by atoms with Crippen molar-refractivity contribution in [1.29, 1.82) is 0 Å². The standard InChI is InChI=1S/C38H55N5O2/c1-6-41(7-2)34-15-16-35(39-36(34)42(8-3)9-4)43-25-23-40(24-26-43)22-10-19-38(45)21-18-33-32-13-11-28-27-29(44)12-14-30(28)31(32)17-20-37(33,38)5/h15-16,27,32-33,45H,6-9,11-14,17-18,20-26H2,1-5H3/t32-,33+,37+,38+/m1/s1. The average Bonchev–Trinajstić information content (AvgIpc) is 3.32. The fourth-order valence-corrected chi connectivity index (χ4v) is 9.36. The molecule has 5 aliphatic rings. The summed E-state index contributed by atoms with van der Waals surface area (Å²) in [7, 11) is 0. The van der Waals surface area contributed by atoms with Gasteiger partial charge in [0, 0.05) is 64.2 Å². The highest BCUT2D eigenvalue weighted by atomic mass is 16.3. The second-order valence-electron chi connectivity index (χ2n) is 14.1. The number of nitrogens with zero attached hydrogens (tertiary/aromatic N) is 5. The molecule has 1 aromatic heterocycles. The maximum absolute atomic E-state index is 12.0. The zero-order valence-electron chi connectivity index (χ0n) is 28.5. The molecule has 244 valence electrons. The molecule has 7 heteroatoms. The molecule has 1 aromatic rings. The number of hydrogen-bond acceptors (Lipinski definition) is 7. The molecule has 0 radical (unpaired) electrons. The number of rotatable bonds is 8. The summed E-state index contributed by atoms with van der Waals surface area (Å²) in [5, 5.41) is 12.0. The van der Waals surface area contributed by atoms with Gasteiger partial charge in [-0.3, -0.25) is 9.69 Å². The van der Waals surface area contributed by atoms with Crippen LogP contribution in [-0.4, -0.2) is 85.3 Å². The van der Waals surface area contributed by atoms with Gasteiger partial charge in [-0.25, -0.2) is 4.98 Å². The summed E-state index contributed by atoms with van der Waals surface area (Å²) in [6, 6.07) is 4.46. The average molecular weight is 614 g/mol. The molecule has 0 unspecified atom stereocenters. The summed E-state index contributed by atoms with van der Waals surface area (Å²) in [6.07, 6.45) is 9.52. The van der Waals surface area contributed by atoms with Crippen molar-refractivity contribution in [2.75, 3.05) is 73.6 Å². The van der Waals surface area contributed by atoms with E-state index < -0.39 is 5.60 Å². The summed E-state index contributed by atoms with van der Waals surface area (Å²) < 4.78 is 0. The lowest BCUT2D eigenvalue weighted by Gasteiger charge is -2.50. The van der Waals surface area contributed by atoms with Gasteiger partial charge in [-0.2, -0.15) is 0 Å². The maximum Gasteiger partial charge on any atom is 0.156 e. The number of piperazine rings is 1. The van der Waals surface area contributed by atoms with Crippen LogP contribution in [0.25, 0.3) is 0 Å². The summed E-state index contributed by atoms with van der Waals surface area (Å²) in [5.74, 6) is 10.4. The van der Waals surface area contributed by atoms with E-state index >= 15 is 0 Å². The molecule has 4 aliphatic carbocycles. The lowest BCUT2D eigenvalue weighted by molar-refractivity contribution is -0.114. The minimum absolute atomic E-state index is 0.162. The van der Waals surface area contributed by atoms with Crippen LogP contribution in [-0.2, 0) is 4.79 Å². The number of anilines is 3. The fourth-order valence-electron chi connectivity index (χ4n) is 9.36. The molecular formula is C38H55N5O2. The van der Waals surface area contributed by atoms with Gasteiger partial charge in [0.05, 0.1) is 12.2 Å². The lowest BCUT2D eigenvalue weighted by Crippen LogP contribution is -2.49. The number of allylic oxidation sites excluding steroid dienone is 4. The van der Waals surface area contributed by atoms with Crippen molar-refractivity contribution in [1.82, 2.24) is 9.88 Å². The predicted molar refractivity (Wildman–Crippen MR) is 185 cm³/mol. The molecule has 0 spiro atoms. The number of fused-ring (bicyclic) bond motifs is 4. The number of aromatic nitrogens is 1. The summed E-state index contributed by atoms with van der Waals surface area (Å²) in [5.41, 5.74) is 4.57. The smallest absolute Gasteiger partial charge is 0.156 e. The van der Waals surface area contributed by atoms with Crippen LogP contribution in [0.4, 0.5) is 17.3 Å². The number of ketones is 1. The van der Waals surface area contributed by atoms with Crippen molar-refractivity contribution >= 4 is 23.1 Å². The molecule has 1 aliphatic heterocycles. The highest BCUT2D eigenvalue weighted by Crippen LogP contribution is 2.63. The Kier molecular flexibility index (Phi) is 9.37. The van der Waals surface area contributed by atoms with E-state index in [1.165, 1.54) is 16.8 Å². The quantitative estimate of drug-likeness (QED) is 0.370. The van der Waals surface area contributed by atoms with E-state index in [0.29, 0.717) is 30.6 Å². The van der Waals surface area contributed by atoms with E-state index in [-0.39, 0.29) is 5.41 Å². The number of aliphatic hydroxyl groups is 1. The molecule has 2 saturated carbocycles. The molecule has 0 amide bonds. The van der Waals surface area contributed by atoms with Crippen molar-refractivity contribution in [2.24, 2.45) is 17.3 Å².